The molecule has 0 amide bonds. The number of aryl methyl sites for hydroxylation is 1. The highest BCUT2D eigenvalue weighted by Crippen LogP contribution is 2.25. The molecular formula is C16H26N4O2. The fourth-order valence-electron chi connectivity index (χ4n) is 2.78. The summed E-state index contributed by atoms with van der Waals surface area (Å²) in [6.07, 6.45) is 1.72. The summed E-state index contributed by atoms with van der Waals surface area (Å²) < 4.78 is 0. The number of nitrogens with zero attached hydrogens (tertiary/aromatic N) is 4. The Kier molecular flexibility index (Phi) is 5.74. The first-order valence-electron chi connectivity index (χ1n) is 7.83. The summed E-state index contributed by atoms with van der Waals surface area (Å²) in [6.45, 7) is 5.42. The smallest absolute Gasteiger partial charge is 0.274 e. The summed E-state index contributed by atoms with van der Waals surface area (Å²) in [4.78, 5) is 17.7. The van der Waals surface area contributed by atoms with Crippen LogP contribution in [0.15, 0.2) is 18.2 Å². The van der Waals surface area contributed by atoms with Crippen LogP contribution in [0.3, 0.4) is 0 Å². The van der Waals surface area contributed by atoms with Gasteiger partial charge < -0.3 is 14.7 Å². The first-order valence-corrected chi connectivity index (χ1v) is 7.83. The van der Waals surface area contributed by atoms with Crippen LogP contribution in [0.4, 0.5) is 11.4 Å². The quantitative estimate of drug-likeness (QED) is 0.593. The van der Waals surface area contributed by atoms with Crippen molar-refractivity contribution in [2.75, 3.05) is 58.8 Å². The molecule has 6 nitrogen and oxygen atoms in total. The van der Waals surface area contributed by atoms with Gasteiger partial charge >= 0.3 is 0 Å². The van der Waals surface area contributed by atoms with Crippen LogP contribution in [-0.4, -0.2) is 68.6 Å². The molecular weight excluding hydrogens is 280 g/mol. The third-order valence-electron chi connectivity index (χ3n) is 4.30. The monoisotopic (exact) mass is 306 g/mol. The molecule has 1 aliphatic rings. The van der Waals surface area contributed by atoms with Crippen LogP contribution >= 0.6 is 0 Å². The largest absolute Gasteiger partial charge is 0.377 e. The van der Waals surface area contributed by atoms with Gasteiger partial charge in [0.25, 0.3) is 5.69 Å². The highest BCUT2D eigenvalue weighted by molar-refractivity contribution is 5.56. The molecule has 0 radical (unpaired) electrons. The number of piperazine rings is 1. The topological polar surface area (TPSA) is 52.9 Å². The van der Waals surface area contributed by atoms with Gasteiger partial charge in [-0.15, -0.1) is 0 Å². The molecule has 22 heavy (non-hydrogen) atoms. The van der Waals surface area contributed by atoms with Gasteiger partial charge in [-0.1, -0.05) is 6.07 Å². The second-order valence-corrected chi connectivity index (χ2v) is 6.21. The molecule has 0 unspecified atom stereocenters. The molecule has 1 aromatic rings. The van der Waals surface area contributed by atoms with Gasteiger partial charge in [-0.05, 0) is 32.5 Å². The Morgan fingerprint density at radius 3 is 2.50 bits per heavy atom. The Morgan fingerprint density at radius 2 is 1.91 bits per heavy atom. The molecule has 0 atom stereocenters. The number of nitro groups is 1. The molecule has 1 heterocycles. The molecule has 1 aliphatic heterocycles. The van der Waals surface area contributed by atoms with Crippen LogP contribution < -0.4 is 4.90 Å². The zero-order valence-electron chi connectivity index (χ0n) is 13.8. The SMILES string of the molecule is CN1CCN(CCCc2ccc(N(C)C)cc2[N+](=O)[O-])CC1. The van der Waals surface area contributed by atoms with E-state index in [1.807, 2.05) is 31.1 Å². The first kappa shape index (κ1) is 16.7. The van der Waals surface area contributed by atoms with Crippen molar-refractivity contribution in [1.29, 1.82) is 0 Å². The Labute approximate surface area is 132 Å². The lowest BCUT2D eigenvalue weighted by Crippen LogP contribution is -2.44. The first-order chi connectivity index (χ1) is 10.5. The van der Waals surface area contributed by atoms with Crippen LogP contribution in [0.2, 0.25) is 0 Å². The summed E-state index contributed by atoms with van der Waals surface area (Å²) >= 11 is 0. The van der Waals surface area contributed by atoms with Crippen molar-refractivity contribution in [3.8, 4) is 0 Å². The Hall–Kier alpha value is -1.66. The van der Waals surface area contributed by atoms with E-state index in [1.165, 1.54) is 0 Å². The second kappa shape index (κ2) is 7.56. The molecule has 0 bridgehead atoms. The second-order valence-electron chi connectivity index (χ2n) is 6.21. The van der Waals surface area contributed by atoms with Gasteiger partial charge in [0.1, 0.15) is 0 Å². The van der Waals surface area contributed by atoms with Crippen molar-refractivity contribution in [3.63, 3.8) is 0 Å². The van der Waals surface area contributed by atoms with E-state index in [0.717, 1.165) is 56.8 Å². The highest BCUT2D eigenvalue weighted by Gasteiger charge is 2.17. The van der Waals surface area contributed by atoms with Gasteiger partial charge in [-0.3, -0.25) is 10.1 Å². The van der Waals surface area contributed by atoms with Crippen molar-refractivity contribution in [2.24, 2.45) is 0 Å². The Morgan fingerprint density at radius 1 is 1.23 bits per heavy atom. The highest BCUT2D eigenvalue weighted by atomic mass is 16.6. The lowest BCUT2D eigenvalue weighted by Gasteiger charge is -2.32. The maximum absolute atomic E-state index is 11.3. The average molecular weight is 306 g/mol. The zero-order valence-corrected chi connectivity index (χ0v) is 13.8. The van der Waals surface area contributed by atoms with Crippen molar-refractivity contribution < 1.29 is 4.92 Å². The molecule has 6 heteroatoms. The van der Waals surface area contributed by atoms with Gasteiger partial charge in [0.05, 0.1) is 4.92 Å². The number of hydrogen-bond donors (Lipinski definition) is 0. The van der Waals surface area contributed by atoms with Crippen LogP contribution in [-0.2, 0) is 6.42 Å². The summed E-state index contributed by atoms with van der Waals surface area (Å²) in [5, 5.41) is 11.3. The minimum absolute atomic E-state index is 0.240. The fraction of sp³-hybridized carbons (Fsp3) is 0.625. The van der Waals surface area contributed by atoms with Crippen LogP contribution in [0, 0.1) is 10.1 Å². The third-order valence-corrected chi connectivity index (χ3v) is 4.30. The van der Waals surface area contributed by atoms with Crippen LogP contribution in [0.5, 0.6) is 0 Å². The molecule has 2 rings (SSSR count). The number of anilines is 1. The van der Waals surface area contributed by atoms with Crippen molar-refractivity contribution >= 4 is 11.4 Å². The molecule has 1 aromatic carbocycles. The van der Waals surface area contributed by atoms with Gasteiger partial charge in [-0.2, -0.15) is 0 Å². The number of likely N-dealkylation sites (N-methyl/N-ethyl adjacent to an activating group) is 1. The van der Waals surface area contributed by atoms with Gasteiger partial charge in [-0.25, -0.2) is 0 Å². The van der Waals surface area contributed by atoms with Crippen molar-refractivity contribution in [3.05, 3.63) is 33.9 Å². The van der Waals surface area contributed by atoms with Crippen molar-refractivity contribution in [1.82, 2.24) is 9.80 Å². The number of benzene rings is 1. The molecule has 122 valence electrons. The van der Waals surface area contributed by atoms with Crippen LogP contribution in [0.25, 0.3) is 0 Å². The molecule has 0 spiro atoms. The predicted octanol–water partition coefficient (Wildman–Crippen LogP) is 1.84. The Balaban J connectivity index is 1.93. The lowest BCUT2D eigenvalue weighted by molar-refractivity contribution is -0.385. The maximum atomic E-state index is 11.3. The summed E-state index contributed by atoms with van der Waals surface area (Å²) in [6, 6.07) is 5.53. The Bertz CT molecular complexity index is 511. The summed E-state index contributed by atoms with van der Waals surface area (Å²) in [7, 11) is 5.94. The number of rotatable bonds is 6. The number of nitro benzene ring substituents is 1. The van der Waals surface area contributed by atoms with Crippen molar-refractivity contribution in [2.45, 2.75) is 12.8 Å². The van der Waals surface area contributed by atoms with E-state index in [2.05, 4.69) is 16.8 Å². The minimum atomic E-state index is -0.266. The van der Waals surface area contributed by atoms with E-state index in [9.17, 15) is 10.1 Å². The third kappa shape index (κ3) is 4.42. The number of hydrogen-bond acceptors (Lipinski definition) is 5. The van der Waals surface area contributed by atoms with E-state index >= 15 is 0 Å². The zero-order chi connectivity index (χ0) is 16.1. The predicted molar refractivity (Wildman–Crippen MR) is 89.7 cm³/mol. The van der Waals surface area contributed by atoms with Gasteiger partial charge in [0.2, 0.25) is 0 Å². The molecule has 1 saturated heterocycles. The lowest BCUT2D eigenvalue weighted by atomic mass is 10.1. The molecule has 0 N–H and O–H groups in total. The molecule has 1 fully saturated rings. The van der Waals surface area contributed by atoms with E-state index in [1.54, 1.807) is 6.07 Å². The van der Waals surface area contributed by atoms with E-state index < -0.39 is 0 Å². The average Bonchev–Trinajstić information content (AvgIpc) is 2.49. The summed E-state index contributed by atoms with van der Waals surface area (Å²) in [5.41, 5.74) is 1.95. The van der Waals surface area contributed by atoms with E-state index in [4.69, 9.17) is 0 Å². The van der Waals surface area contributed by atoms with E-state index in [-0.39, 0.29) is 10.6 Å². The fourth-order valence-corrected chi connectivity index (χ4v) is 2.78. The van der Waals surface area contributed by atoms with Gasteiger partial charge in [0, 0.05) is 57.6 Å². The summed E-state index contributed by atoms with van der Waals surface area (Å²) in [5.74, 6) is 0. The van der Waals surface area contributed by atoms with Crippen LogP contribution in [0.1, 0.15) is 12.0 Å². The van der Waals surface area contributed by atoms with E-state index in [0.29, 0.717) is 0 Å². The normalized spacial score (nSPS) is 16.7. The maximum Gasteiger partial charge on any atom is 0.274 e. The minimum Gasteiger partial charge on any atom is -0.377 e. The molecule has 0 saturated carbocycles. The standard InChI is InChI=1S/C16H26N4O2/c1-17(2)15-7-6-14(16(13-15)20(21)22)5-4-8-19-11-9-18(3)10-12-19/h6-7,13H,4-5,8-12H2,1-3H3. The molecule has 0 aromatic heterocycles. The van der Waals surface area contributed by atoms with Gasteiger partial charge in [0.15, 0.2) is 0 Å². The molecule has 0 aliphatic carbocycles.